The van der Waals surface area contributed by atoms with Crippen LogP contribution in [0.5, 0.6) is 0 Å². The van der Waals surface area contributed by atoms with Crippen molar-refractivity contribution in [1.82, 2.24) is 10.3 Å². The predicted molar refractivity (Wildman–Crippen MR) is 63.3 cm³/mol. The number of aromatic nitrogens is 1. The summed E-state index contributed by atoms with van der Waals surface area (Å²) in [5.74, 6) is 0.502. The molecule has 0 saturated carbocycles. The number of hydrogen-bond acceptors (Lipinski definition) is 3. The molecule has 0 bridgehead atoms. The van der Waals surface area contributed by atoms with Gasteiger partial charge in [0.2, 0.25) is 0 Å². The monoisotopic (exact) mass is 259 g/mol. The van der Waals surface area contributed by atoms with Crippen LogP contribution in [0.25, 0.3) is 0 Å². The van der Waals surface area contributed by atoms with Crippen LogP contribution in [-0.2, 0) is 6.18 Å². The number of nitrogens with zero attached hydrogens (tertiary/aromatic N) is 1. The third-order valence-electron chi connectivity index (χ3n) is 3.07. The zero-order chi connectivity index (χ0) is 13.2. The van der Waals surface area contributed by atoms with Gasteiger partial charge in [-0.05, 0) is 38.4 Å². The fourth-order valence-electron chi connectivity index (χ4n) is 2.12. The number of nitrogens with one attached hydrogen (secondary N) is 2. The van der Waals surface area contributed by atoms with Gasteiger partial charge in [0.15, 0.2) is 0 Å². The Balaban J connectivity index is 1.98. The molecule has 2 rings (SSSR count). The summed E-state index contributed by atoms with van der Waals surface area (Å²) in [6.45, 7) is 3.01. The summed E-state index contributed by atoms with van der Waals surface area (Å²) in [5.41, 5.74) is -0.716. The summed E-state index contributed by atoms with van der Waals surface area (Å²) in [4.78, 5) is 3.81. The minimum Gasteiger partial charge on any atom is -0.367 e. The average molecular weight is 259 g/mol. The van der Waals surface area contributed by atoms with Crippen LogP contribution in [0.3, 0.4) is 0 Å². The van der Waals surface area contributed by atoms with E-state index in [-0.39, 0.29) is 6.04 Å². The lowest BCUT2D eigenvalue weighted by Crippen LogP contribution is -2.41. The predicted octanol–water partition coefficient (Wildman–Crippen LogP) is 2.65. The maximum Gasteiger partial charge on any atom is 0.417 e. The molecule has 0 aromatic carbocycles. The van der Waals surface area contributed by atoms with E-state index in [9.17, 15) is 13.2 Å². The summed E-state index contributed by atoms with van der Waals surface area (Å²) < 4.78 is 37.1. The molecule has 2 atom stereocenters. The highest BCUT2D eigenvalue weighted by Crippen LogP contribution is 2.29. The molecule has 1 saturated heterocycles. The summed E-state index contributed by atoms with van der Waals surface area (Å²) >= 11 is 0. The quantitative estimate of drug-likeness (QED) is 0.857. The van der Waals surface area contributed by atoms with Crippen molar-refractivity contribution in [3.63, 3.8) is 0 Å². The second-order valence-corrected chi connectivity index (χ2v) is 4.65. The van der Waals surface area contributed by atoms with Crippen molar-refractivity contribution in [2.75, 3.05) is 11.9 Å². The van der Waals surface area contributed by atoms with Gasteiger partial charge in [-0.3, -0.25) is 0 Å². The van der Waals surface area contributed by atoms with Crippen molar-refractivity contribution in [2.45, 2.75) is 38.0 Å². The molecule has 1 fully saturated rings. The van der Waals surface area contributed by atoms with E-state index in [1.165, 1.54) is 6.07 Å². The van der Waals surface area contributed by atoms with Crippen molar-refractivity contribution in [2.24, 2.45) is 0 Å². The molecular weight excluding hydrogens is 243 g/mol. The van der Waals surface area contributed by atoms with Crippen LogP contribution in [-0.4, -0.2) is 23.6 Å². The standard InChI is InChI=1S/C12H16F3N3/c1-8-6-10(4-5-16-8)18-11-3-2-9(7-17-11)12(13,14)15/h2-3,7-8,10,16H,4-6H2,1H3,(H,17,18). The normalized spacial score (nSPS) is 24.9. The van der Waals surface area contributed by atoms with E-state index in [2.05, 4.69) is 22.5 Å². The zero-order valence-corrected chi connectivity index (χ0v) is 10.1. The number of hydrogen-bond donors (Lipinski definition) is 2. The molecule has 1 aliphatic rings. The van der Waals surface area contributed by atoms with E-state index in [0.29, 0.717) is 11.9 Å². The molecule has 0 spiro atoms. The van der Waals surface area contributed by atoms with E-state index < -0.39 is 11.7 Å². The lowest BCUT2D eigenvalue weighted by Gasteiger charge is -2.29. The van der Waals surface area contributed by atoms with E-state index in [0.717, 1.165) is 31.6 Å². The number of halogens is 3. The van der Waals surface area contributed by atoms with Gasteiger partial charge in [0.1, 0.15) is 5.82 Å². The number of anilines is 1. The Hall–Kier alpha value is -1.30. The molecule has 2 unspecified atom stereocenters. The molecule has 1 aliphatic heterocycles. The van der Waals surface area contributed by atoms with E-state index in [1.54, 1.807) is 0 Å². The maximum absolute atomic E-state index is 12.4. The van der Waals surface area contributed by atoms with Crippen LogP contribution in [0, 0.1) is 0 Å². The second kappa shape index (κ2) is 5.14. The molecule has 18 heavy (non-hydrogen) atoms. The van der Waals surface area contributed by atoms with Gasteiger partial charge < -0.3 is 10.6 Å². The van der Waals surface area contributed by atoms with E-state index in [1.807, 2.05) is 0 Å². The Kier molecular flexibility index (Phi) is 3.75. The van der Waals surface area contributed by atoms with Crippen LogP contribution >= 0.6 is 0 Å². The fourth-order valence-corrected chi connectivity index (χ4v) is 2.12. The smallest absolute Gasteiger partial charge is 0.367 e. The van der Waals surface area contributed by atoms with Crippen LogP contribution in [0.2, 0.25) is 0 Å². The molecule has 2 N–H and O–H groups in total. The minimum atomic E-state index is -4.32. The van der Waals surface area contributed by atoms with Gasteiger partial charge in [-0.2, -0.15) is 13.2 Å². The zero-order valence-electron chi connectivity index (χ0n) is 10.1. The molecular formula is C12H16F3N3. The van der Waals surface area contributed by atoms with Gasteiger partial charge in [0.05, 0.1) is 5.56 Å². The molecule has 6 heteroatoms. The van der Waals surface area contributed by atoms with Gasteiger partial charge in [-0.25, -0.2) is 4.98 Å². The first-order valence-corrected chi connectivity index (χ1v) is 5.98. The molecule has 3 nitrogen and oxygen atoms in total. The Labute approximate surface area is 104 Å². The number of rotatable bonds is 2. The Morgan fingerprint density at radius 3 is 2.72 bits per heavy atom. The van der Waals surface area contributed by atoms with Crippen molar-refractivity contribution in [1.29, 1.82) is 0 Å². The third-order valence-corrected chi connectivity index (χ3v) is 3.07. The van der Waals surface area contributed by atoms with Crippen molar-refractivity contribution in [3.05, 3.63) is 23.9 Å². The first kappa shape index (κ1) is 13.1. The Bertz CT molecular complexity index is 389. The van der Waals surface area contributed by atoms with Crippen LogP contribution < -0.4 is 10.6 Å². The van der Waals surface area contributed by atoms with Crippen molar-refractivity contribution >= 4 is 5.82 Å². The highest BCUT2D eigenvalue weighted by molar-refractivity contribution is 5.37. The van der Waals surface area contributed by atoms with Crippen molar-refractivity contribution in [3.8, 4) is 0 Å². The molecule has 2 heterocycles. The highest BCUT2D eigenvalue weighted by Gasteiger charge is 2.30. The highest BCUT2D eigenvalue weighted by atomic mass is 19.4. The van der Waals surface area contributed by atoms with Gasteiger partial charge >= 0.3 is 6.18 Å². The summed E-state index contributed by atoms with van der Waals surface area (Å²) in [6, 6.07) is 3.13. The number of piperidine rings is 1. The first-order chi connectivity index (χ1) is 8.45. The first-order valence-electron chi connectivity index (χ1n) is 5.98. The molecule has 0 aliphatic carbocycles. The molecule has 0 amide bonds. The molecule has 1 aromatic heterocycles. The van der Waals surface area contributed by atoms with E-state index in [4.69, 9.17) is 0 Å². The van der Waals surface area contributed by atoms with E-state index >= 15 is 0 Å². The summed E-state index contributed by atoms with van der Waals surface area (Å²) in [7, 11) is 0. The fraction of sp³-hybridized carbons (Fsp3) is 0.583. The van der Waals surface area contributed by atoms with Crippen LogP contribution in [0.4, 0.5) is 19.0 Å². The summed E-state index contributed by atoms with van der Waals surface area (Å²) in [5, 5.41) is 6.49. The van der Waals surface area contributed by atoms with Gasteiger partial charge in [0.25, 0.3) is 0 Å². The maximum atomic E-state index is 12.4. The van der Waals surface area contributed by atoms with Crippen molar-refractivity contribution < 1.29 is 13.2 Å². The second-order valence-electron chi connectivity index (χ2n) is 4.65. The summed E-state index contributed by atoms with van der Waals surface area (Å²) in [6.07, 6.45) is -1.56. The average Bonchev–Trinajstić information content (AvgIpc) is 2.28. The Morgan fingerprint density at radius 2 is 2.17 bits per heavy atom. The van der Waals surface area contributed by atoms with Crippen LogP contribution in [0.15, 0.2) is 18.3 Å². The lowest BCUT2D eigenvalue weighted by molar-refractivity contribution is -0.137. The molecule has 0 radical (unpaired) electrons. The topological polar surface area (TPSA) is 37.0 Å². The molecule has 100 valence electrons. The van der Waals surface area contributed by atoms with Gasteiger partial charge in [-0.1, -0.05) is 0 Å². The largest absolute Gasteiger partial charge is 0.417 e. The van der Waals surface area contributed by atoms with Gasteiger partial charge in [-0.15, -0.1) is 0 Å². The Morgan fingerprint density at radius 1 is 1.39 bits per heavy atom. The lowest BCUT2D eigenvalue weighted by atomic mass is 10.0. The molecule has 1 aromatic rings. The van der Waals surface area contributed by atoms with Gasteiger partial charge in [0, 0.05) is 18.3 Å². The number of alkyl halides is 3. The number of pyridine rings is 1. The SMILES string of the molecule is CC1CC(Nc2ccc(C(F)(F)F)cn2)CCN1. The third kappa shape index (κ3) is 3.35. The van der Waals surface area contributed by atoms with Crippen LogP contribution in [0.1, 0.15) is 25.3 Å². The minimum absolute atomic E-state index is 0.269.